The van der Waals surface area contributed by atoms with Crippen molar-refractivity contribution in [3.8, 4) is 0 Å². The van der Waals surface area contributed by atoms with Crippen LogP contribution < -0.4 is 10.3 Å². The number of nitrogens with zero attached hydrogens (tertiary/aromatic N) is 4. The van der Waals surface area contributed by atoms with Gasteiger partial charge >= 0.3 is 5.97 Å². The molecule has 2 aliphatic rings. The highest BCUT2D eigenvalue weighted by molar-refractivity contribution is 5.94. The van der Waals surface area contributed by atoms with Crippen molar-refractivity contribution in [1.82, 2.24) is 15.3 Å². The van der Waals surface area contributed by atoms with E-state index in [4.69, 9.17) is 5.11 Å². The second kappa shape index (κ2) is 4.94. The minimum absolute atomic E-state index is 0.187. The Morgan fingerprint density at radius 3 is 2.89 bits per heavy atom. The molecule has 1 fully saturated rings. The molecular formula is C12H15N5O2. The van der Waals surface area contributed by atoms with Crippen LogP contribution in [0, 0.1) is 0 Å². The van der Waals surface area contributed by atoms with Gasteiger partial charge in [-0.3, -0.25) is 10.0 Å². The van der Waals surface area contributed by atoms with E-state index in [1.54, 1.807) is 12.3 Å². The maximum atomic E-state index is 11.0. The summed E-state index contributed by atoms with van der Waals surface area (Å²) in [6.07, 6.45) is 3.09. The van der Waals surface area contributed by atoms with Crippen molar-refractivity contribution < 1.29 is 9.90 Å². The first-order valence-corrected chi connectivity index (χ1v) is 6.22. The van der Waals surface area contributed by atoms with Crippen molar-refractivity contribution in [2.24, 2.45) is 4.99 Å². The monoisotopic (exact) mass is 261 g/mol. The second-order valence-electron chi connectivity index (χ2n) is 4.50. The number of carboxylic acids is 1. The van der Waals surface area contributed by atoms with E-state index in [2.05, 4.69) is 20.3 Å². The molecule has 19 heavy (non-hydrogen) atoms. The second-order valence-corrected chi connectivity index (χ2v) is 4.50. The van der Waals surface area contributed by atoms with Crippen molar-refractivity contribution >= 4 is 18.0 Å². The van der Waals surface area contributed by atoms with Gasteiger partial charge in [0.25, 0.3) is 0 Å². The molecule has 0 spiro atoms. The number of pyridine rings is 1. The average Bonchev–Trinajstić information content (AvgIpc) is 2.47. The molecule has 0 unspecified atom stereocenters. The number of rotatable bonds is 2. The predicted molar refractivity (Wildman–Crippen MR) is 70.6 cm³/mol. The quantitative estimate of drug-likeness (QED) is 0.767. The summed E-state index contributed by atoms with van der Waals surface area (Å²) in [5.74, 6) is -0.190. The molecule has 2 aliphatic heterocycles. The molecule has 3 heterocycles. The third-order valence-corrected chi connectivity index (χ3v) is 3.27. The Morgan fingerprint density at radius 2 is 2.16 bits per heavy atom. The highest BCUT2D eigenvalue weighted by Gasteiger charge is 2.24. The van der Waals surface area contributed by atoms with E-state index in [1.807, 2.05) is 5.01 Å². The Kier molecular flexibility index (Phi) is 3.14. The Morgan fingerprint density at radius 1 is 1.37 bits per heavy atom. The van der Waals surface area contributed by atoms with Gasteiger partial charge in [0.15, 0.2) is 5.82 Å². The van der Waals surface area contributed by atoms with Crippen LogP contribution in [0.5, 0.6) is 0 Å². The zero-order valence-electron chi connectivity index (χ0n) is 10.4. The summed E-state index contributed by atoms with van der Waals surface area (Å²) in [6.45, 7) is 4.20. The van der Waals surface area contributed by atoms with E-state index in [1.165, 1.54) is 6.20 Å². The van der Waals surface area contributed by atoms with E-state index in [9.17, 15) is 4.79 Å². The first kappa shape index (κ1) is 12.1. The van der Waals surface area contributed by atoms with Gasteiger partial charge in [-0.05, 0) is 6.07 Å². The van der Waals surface area contributed by atoms with E-state index in [0.29, 0.717) is 6.67 Å². The standard InChI is InChI=1S/C12H15N5O2/c18-12(19)10-5-9-6-14-8-17(11(9)15-7-10)16-3-1-13-2-4-16/h5-7,13H,1-4,8H2,(H,18,19). The number of aromatic nitrogens is 1. The lowest BCUT2D eigenvalue weighted by Gasteiger charge is -2.39. The molecule has 0 amide bonds. The molecule has 0 atom stereocenters. The molecular weight excluding hydrogens is 246 g/mol. The van der Waals surface area contributed by atoms with E-state index >= 15 is 0 Å². The van der Waals surface area contributed by atoms with E-state index in [-0.39, 0.29) is 5.56 Å². The molecule has 0 radical (unpaired) electrons. The summed E-state index contributed by atoms with van der Waals surface area (Å²) < 4.78 is 0. The lowest BCUT2D eigenvalue weighted by Crippen LogP contribution is -2.53. The summed E-state index contributed by atoms with van der Waals surface area (Å²) >= 11 is 0. The lowest BCUT2D eigenvalue weighted by molar-refractivity contribution is 0.0696. The van der Waals surface area contributed by atoms with Crippen LogP contribution in [-0.4, -0.2) is 60.1 Å². The van der Waals surface area contributed by atoms with Gasteiger partial charge in [0.1, 0.15) is 6.67 Å². The average molecular weight is 261 g/mol. The van der Waals surface area contributed by atoms with Gasteiger partial charge in [0.05, 0.1) is 5.56 Å². The molecule has 0 aromatic carbocycles. The molecule has 7 nitrogen and oxygen atoms in total. The molecule has 100 valence electrons. The highest BCUT2D eigenvalue weighted by atomic mass is 16.4. The number of hydrogen-bond acceptors (Lipinski definition) is 6. The number of carboxylic acid groups (broad SMARTS) is 1. The van der Waals surface area contributed by atoms with Crippen LogP contribution in [-0.2, 0) is 0 Å². The van der Waals surface area contributed by atoms with Crippen LogP contribution in [0.2, 0.25) is 0 Å². The van der Waals surface area contributed by atoms with Gasteiger partial charge < -0.3 is 10.4 Å². The maximum absolute atomic E-state index is 11.0. The van der Waals surface area contributed by atoms with Crippen LogP contribution in [0.3, 0.4) is 0 Å². The zero-order chi connectivity index (χ0) is 13.2. The van der Waals surface area contributed by atoms with Gasteiger partial charge in [-0.2, -0.15) is 0 Å². The van der Waals surface area contributed by atoms with E-state index in [0.717, 1.165) is 37.6 Å². The first-order chi connectivity index (χ1) is 9.25. The minimum Gasteiger partial charge on any atom is -0.478 e. The number of hydrogen-bond donors (Lipinski definition) is 2. The Balaban J connectivity index is 1.91. The number of carbonyl (C=O) groups is 1. The summed E-state index contributed by atoms with van der Waals surface area (Å²) in [6, 6.07) is 1.61. The van der Waals surface area contributed by atoms with Crippen LogP contribution in [0.15, 0.2) is 17.3 Å². The summed E-state index contributed by atoms with van der Waals surface area (Å²) in [7, 11) is 0. The fourth-order valence-corrected chi connectivity index (χ4v) is 2.30. The zero-order valence-corrected chi connectivity index (χ0v) is 10.4. The van der Waals surface area contributed by atoms with Crippen LogP contribution in [0.25, 0.3) is 0 Å². The lowest BCUT2D eigenvalue weighted by atomic mass is 10.2. The number of piperazine rings is 1. The summed E-state index contributed by atoms with van der Waals surface area (Å²) in [4.78, 5) is 19.5. The van der Waals surface area contributed by atoms with Gasteiger partial charge in [-0.1, -0.05) is 0 Å². The molecule has 3 rings (SSSR count). The fraction of sp³-hybridized carbons (Fsp3) is 0.417. The number of aliphatic imine (C=N–C) groups is 1. The molecule has 2 N–H and O–H groups in total. The molecule has 0 bridgehead atoms. The van der Waals surface area contributed by atoms with Crippen molar-refractivity contribution in [2.45, 2.75) is 0 Å². The van der Waals surface area contributed by atoms with Crippen molar-refractivity contribution in [3.05, 3.63) is 23.4 Å². The van der Waals surface area contributed by atoms with E-state index < -0.39 is 5.97 Å². The first-order valence-electron chi connectivity index (χ1n) is 6.22. The predicted octanol–water partition coefficient (Wildman–Crippen LogP) is -0.204. The fourth-order valence-electron chi connectivity index (χ4n) is 2.30. The minimum atomic E-state index is -0.969. The summed E-state index contributed by atoms with van der Waals surface area (Å²) in [5, 5.41) is 16.5. The largest absolute Gasteiger partial charge is 0.478 e. The summed E-state index contributed by atoms with van der Waals surface area (Å²) in [5.41, 5.74) is 0.942. The number of nitrogens with one attached hydrogen (secondary N) is 1. The van der Waals surface area contributed by atoms with Crippen LogP contribution in [0.4, 0.5) is 5.82 Å². The molecule has 1 saturated heterocycles. The van der Waals surface area contributed by atoms with Crippen molar-refractivity contribution in [1.29, 1.82) is 0 Å². The Bertz CT molecular complexity index is 525. The third kappa shape index (κ3) is 2.29. The highest BCUT2D eigenvalue weighted by Crippen LogP contribution is 2.22. The number of hydrazine groups is 1. The van der Waals surface area contributed by atoms with Crippen molar-refractivity contribution in [3.63, 3.8) is 0 Å². The molecule has 0 saturated carbocycles. The van der Waals surface area contributed by atoms with Crippen LogP contribution in [0.1, 0.15) is 15.9 Å². The molecule has 7 heteroatoms. The number of anilines is 1. The van der Waals surface area contributed by atoms with Gasteiger partial charge in [-0.25, -0.2) is 14.8 Å². The van der Waals surface area contributed by atoms with Crippen LogP contribution >= 0.6 is 0 Å². The smallest absolute Gasteiger partial charge is 0.337 e. The van der Waals surface area contributed by atoms with Crippen molar-refractivity contribution in [2.75, 3.05) is 37.9 Å². The number of aromatic carboxylic acids is 1. The normalized spacial score (nSPS) is 19.3. The molecule has 0 aliphatic carbocycles. The topological polar surface area (TPSA) is 81.1 Å². The third-order valence-electron chi connectivity index (χ3n) is 3.27. The number of fused-ring (bicyclic) bond motifs is 1. The molecule has 1 aromatic rings. The van der Waals surface area contributed by atoms with Gasteiger partial charge in [-0.15, -0.1) is 0 Å². The SMILES string of the molecule is O=C(O)c1cnc2c(c1)C=NCN2N1CCNCC1. The Labute approximate surface area is 110 Å². The van der Waals surface area contributed by atoms with Gasteiger partial charge in [0, 0.05) is 44.2 Å². The Hall–Kier alpha value is -1.99. The van der Waals surface area contributed by atoms with Gasteiger partial charge in [0.2, 0.25) is 0 Å². The molecule has 1 aromatic heterocycles. The maximum Gasteiger partial charge on any atom is 0.337 e.